The van der Waals surface area contributed by atoms with E-state index in [0.29, 0.717) is 5.37 Å². The van der Waals surface area contributed by atoms with Crippen molar-refractivity contribution in [1.29, 1.82) is 0 Å². The molecule has 12 heavy (non-hydrogen) atoms. The maximum absolute atomic E-state index is 3.46. The molecule has 0 radical (unpaired) electrons. The lowest BCUT2D eigenvalue weighted by Crippen LogP contribution is -2.11. The smallest absolute Gasteiger partial charge is 0.0790 e. The summed E-state index contributed by atoms with van der Waals surface area (Å²) in [7, 11) is 0. The molecule has 1 aromatic carbocycles. The van der Waals surface area contributed by atoms with Gasteiger partial charge in [0.2, 0.25) is 0 Å². The van der Waals surface area contributed by atoms with E-state index in [0.717, 1.165) is 6.54 Å². The van der Waals surface area contributed by atoms with E-state index in [1.54, 1.807) is 0 Å². The zero-order chi connectivity index (χ0) is 8.39. The number of aryl methyl sites for hydroxylation is 1. The zero-order valence-electron chi connectivity index (χ0n) is 7.21. The second-order valence-electron chi connectivity index (χ2n) is 3.12. The molecule has 1 aliphatic heterocycles. The van der Waals surface area contributed by atoms with Gasteiger partial charge in [-0.25, -0.2) is 0 Å². The van der Waals surface area contributed by atoms with E-state index in [1.165, 1.54) is 16.9 Å². The third kappa shape index (κ3) is 1.65. The average Bonchev–Trinajstić information content (AvgIpc) is 2.58. The van der Waals surface area contributed by atoms with Gasteiger partial charge in [-0.1, -0.05) is 29.8 Å². The van der Waals surface area contributed by atoms with Crippen LogP contribution in [-0.2, 0) is 0 Å². The molecule has 0 saturated carbocycles. The van der Waals surface area contributed by atoms with Gasteiger partial charge in [0.15, 0.2) is 0 Å². The molecule has 1 heterocycles. The highest BCUT2D eigenvalue weighted by molar-refractivity contribution is 7.99. The molecule has 1 fully saturated rings. The van der Waals surface area contributed by atoms with Crippen molar-refractivity contribution in [3.05, 3.63) is 35.4 Å². The summed E-state index contributed by atoms with van der Waals surface area (Å²) in [6.45, 7) is 3.27. The minimum Gasteiger partial charge on any atom is -0.301 e. The first-order chi connectivity index (χ1) is 5.86. The molecule has 0 aliphatic carbocycles. The first-order valence-electron chi connectivity index (χ1n) is 4.28. The van der Waals surface area contributed by atoms with Crippen molar-refractivity contribution in [2.24, 2.45) is 0 Å². The molecule has 2 rings (SSSR count). The van der Waals surface area contributed by atoms with Crippen LogP contribution in [0.15, 0.2) is 24.3 Å². The molecule has 0 bridgehead atoms. The summed E-state index contributed by atoms with van der Waals surface area (Å²) >= 11 is 1.99. The van der Waals surface area contributed by atoms with Crippen LogP contribution in [0.2, 0.25) is 0 Å². The quantitative estimate of drug-likeness (QED) is 0.710. The Morgan fingerprint density at radius 3 is 2.67 bits per heavy atom. The van der Waals surface area contributed by atoms with E-state index in [1.807, 2.05) is 11.8 Å². The maximum atomic E-state index is 3.46. The summed E-state index contributed by atoms with van der Waals surface area (Å²) in [5.74, 6) is 1.23. The van der Waals surface area contributed by atoms with Crippen LogP contribution >= 0.6 is 11.8 Å². The Bertz CT molecular complexity index is 249. The lowest BCUT2D eigenvalue weighted by atomic mass is 10.1. The van der Waals surface area contributed by atoms with Crippen LogP contribution in [0.4, 0.5) is 0 Å². The van der Waals surface area contributed by atoms with Crippen molar-refractivity contribution in [3.8, 4) is 0 Å². The normalized spacial score (nSPS) is 22.9. The van der Waals surface area contributed by atoms with Gasteiger partial charge in [-0.05, 0) is 12.5 Å². The summed E-state index contributed by atoms with van der Waals surface area (Å²) in [4.78, 5) is 0. The molecule has 0 spiro atoms. The van der Waals surface area contributed by atoms with E-state index in [-0.39, 0.29) is 0 Å². The van der Waals surface area contributed by atoms with Gasteiger partial charge >= 0.3 is 0 Å². The molecule has 1 aliphatic rings. The largest absolute Gasteiger partial charge is 0.301 e. The molecule has 64 valence electrons. The monoisotopic (exact) mass is 179 g/mol. The fourth-order valence-electron chi connectivity index (χ4n) is 1.38. The Morgan fingerprint density at radius 2 is 2.08 bits per heavy atom. The van der Waals surface area contributed by atoms with Crippen LogP contribution in [0.5, 0.6) is 0 Å². The van der Waals surface area contributed by atoms with Crippen LogP contribution in [0.1, 0.15) is 16.5 Å². The van der Waals surface area contributed by atoms with E-state index < -0.39 is 0 Å². The number of benzene rings is 1. The Kier molecular flexibility index (Phi) is 2.38. The third-order valence-electron chi connectivity index (χ3n) is 2.10. The molecule has 0 amide bonds. The van der Waals surface area contributed by atoms with Crippen molar-refractivity contribution in [3.63, 3.8) is 0 Å². The molecule has 1 N–H and O–H groups in total. The van der Waals surface area contributed by atoms with Gasteiger partial charge in [0.25, 0.3) is 0 Å². The van der Waals surface area contributed by atoms with Gasteiger partial charge in [0, 0.05) is 12.3 Å². The fourth-order valence-corrected chi connectivity index (χ4v) is 2.44. The van der Waals surface area contributed by atoms with Crippen molar-refractivity contribution in [2.45, 2.75) is 12.3 Å². The fraction of sp³-hybridized carbons (Fsp3) is 0.400. The zero-order valence-corrected chi connectivity index (χ0v) is 8.03. The Labute approximate surface area is 77.6 Å². The predicted molar refractivity (Wildman–Crippen MR) is 54.4 cm³/mol. The van der Waals surface area contributed by atoms with Gasteiger partial charge in [-0.2, -0.15) is 0 Å². The number of rotatable bonds is 1. The van der Waals surface area contributed by atoms with E-state index in [9.17, 15) is 0 Å². The molecule has 1 saturated heterocycles. The van der Waals surface area contributed by atoms with Gasteiger partial charge in [-0.15, -0.1) is 11.8 Å². The number of hydrogen-bond donors (Lipinski definition) is 1. The summed E-state index contributed by atoms with van der Waals surface area (Å²) < 4.78 is 0. The summed E-state index contributed by atoms with van der Waals surface area (Å²) in [5, 5.41) is 3.99. The summed E-state index contributed by atoms with van der Waals surface area (Å²) in [5.41, 5.74) is 2.74. The average molecular weight is 179 g/mol. The van der Waals surface area contributed by atoms with E-state index >= 15 is 0 Å². The van der Waals surface area contributed by atoms with Crippen LogP contribution in [0.3, 0.4) is 0 Å². The summed E-state index contributed by atoms with van der Waals surface area (Å²) in [6, 6.07) is 8.78. The van der Waals surface area contributed by atoms with E-state index in [4.69, 9.17) is 0 Å². The number of thioether (sulfide) groups is 1. The maximum Gasteiger partial charge on any atom is 0.0790 e. The highest BCUT2D eigenvalue weighted by atomic mass is 32.2. The molecular weight excluding hydrogens is 166 g/mol. The van der Waals surface area contributed by atoms with Crippen LogP contribution < -0.4 is 5.32 Å². The van der Waals surface area contributed by atoms with Gasteiger partial charge < -0.3 is 5.32 Å². The molecule has 1 nitrogen and oxygen atoms in total. The van der Waals surface area contributed by atoms with Gasteiger partial charge in [0.1, 0.15) is 0 Å². The molecule has 1 atom stereocenters. The Balaban J connectivity index is 2.17. The highest BCUT2D eigenvalue weighted by Gasteiger charge is 2.15. The van der Waals surface area contributed by atoms with Crippen molar-refractivity contribution >= 4 is 11.8 Å². The Morgan fingerprint density at radius 1 is 1.33 bits per heavy atom. The number of hydrogen-bond acceptors (Lipinski definition) is 2. The molecular formula is C10H13NS. The third-order valence-corrected chi connectivity index (χ3v) is 3.31. The highest BCUT2D eigenvalue weighted by Crippen LogP contribution is 2.29. The molecule has 0 unspecified atom stereocenters. The van der Waals surface area contributed by atoms with E-state index in [2.05, 4.69) is 36.5 Å². The number of nitrogens with one attached hydrogen (secondary N) is 1. The predicted octanol–water partition coefficient (Wildman–Crippen LogP) is 2.33. The standard InChI is InChI=1S/C10H13NS/c1-8-2-4-9(5-3-8)10-11-6-7-12-10/h2-5,10-11H,6-7H2,1H3/t10-/m0/s1. The van der Waals surface area contributed by atoms with Crippen LogP contribution in [0.25, 0.3) is 0 Å². The van der Waals surface area contributed by atoms with Gasteiger partial charge in [0.05, 0.1) is 5.37 Å². The second-order valence-corrected chi connectivity index (χ2v) is 4.33. The van der Waals surface area contributed by atoms with Crippen molar-refractivity contribution in [2.75, 3.05) is 12.3 Å². The lowest BCUT2D eigenvalue weighted by molar-refractivity contribution is 0.751. The van der Waals surface area contributed by atoms with Crippen molar-refractivity contribution in [1.82, 2.24) is 5.32 Å². The minimum absolute atomic E-state index is 0.533. The van der Waals surface area contributed by atoms with Gasteiger partial charge in [-0.3, -0.25) is 0 Å². The topological polar surface area (TPSA) is 12.0 Å². The van der Waals surface area contributed by atoms with Crippen LogP contribution in [0, 0.1) is 6.92 Å². The SMILES string of the molecule is Cc1ccc([C@H]2NCCS2)cc1. The van der Waals surface area contributed by atoms with Crippen LogP contribution in [-0.4, -0.2) is 12.3 Å². The molecule has 1 aromatic rings. The molecule has 0 aromatic heterocycles. The summed E-state index contributed by atoms with van der Waals surface area (Å²) in [6.07, 6.45) is 0. The first kappa shape index (κ1) is 8.14. The lowest BCUT2D eigenvalue weighted by Gasteiger charge is -2.09. The minimum atomic E-state index is 0.533. The second kappa shape index (κ2) is 3.50. The Hall–Kier alpha value is -0.470. The van der Waals surface area contributed by atoms with Crippen molar-refractivity contribution < 1.29 is 0 Å². The molecule has 2 heteroatoms. The first-order valence-corrected chi connectivity index (χ1v) is 5.33.